The van der Waals surface area contributed by atoms with Gasteiger partial charge in [0.15, 0.2) is 0 Å². The minimum absolute atomic E-state index is 0.0158. The summed E-state index contributed by atoms with van der Waals surface area (Å²) < 4.78 is 4.83. The fourth-order valence-electron chi connectivity index (χ4n) is 2.84. The third kappa shape index (κ3) is 3.65. The van der Waals surface area contributed by atoms with E-state index in [4.69, 9.17) is 27.9 Å². The van der Waals surface area contributed by atoms with Gasteiger partial charge >= 0.3 is 5.97 Å². The Labute approximate surface area is 168 Å². The molecule has 7 nitrogen and oxygen atoms in total. The highest BCUT2D eigenvalue weighted by Crippen LogP contribution is 2.38. The van der Waals surface area contributed by atoms with Gasteiger partial charge in [0, 0.05) is 5.75 Å². The third-order valence-electron chi connectivity index (χ3n) is 4.15. The van der Waals surface area contributed by atoms with E-state index in [1.807, 2.05) is 0 Å². The summed E-state index contributed by atoms with van der Waals surface area (Å²) in [7, 11) is 1.52. The maximum absolute atomic E-state index is 12.7. The van der Waals surface area contributed by atoms with E-state index < -0.39 is 29.2 Å². The fourth-order valence-corrected chi connectivity index (χ4v) is 4.42. The van der Waals surface area contributed by atoms with Crippen molar-refractivity contribution < 1.29 is 24.2 Å². The summed E-state index contributed by atoms with van der Waals surface area (Å²) in [6.45, 7) is 0. The minimum Gasteiger partial charge on any atom is -0.497 e. The molecule has 10 heteroatoms. The topological polar surface area (TPSA) is 95.9 Å². The number of carbonyl (C=O) groups is 3. The van der Waals surface area contributed by atoms with E-state index >= 15 is 0 Å². The molecule has 2 aliphatic heterocycles. The number of β-lactam (4-membered cyclic amide) rings is 1. The lowest BCUT2D eigenvalue weighted by atomic mass is 10.0. The number of thioether (sulfide) groups is 1. The van der Waals surface area contributed by atoms with Crippen LogP contribution in [-0.2, 0) is 14.4 Å². The number of nitrogens with zero attached hydrogens (tertiary/aromatic N) is 1. The molecule has 1 fully saturated rings. The molecule has 2 amide bonds. The molecule has 1 saturated heterocycles. The van der Waals surface area contributed by atoms with Crippen molar-refractivity contribution in [2.24, 2.45) is 0 Å². The van der Waals surface area contributed by atoms with Crippen LogP contribution in [0.15, 0.2) is 40.5 Å². The van der Waals surface area contributed by atoms with Gasteiger partial charge in [0.25, 0.3) is 11.8 Å². The molecule has 2 atom stereocenters. The molecule has 0 aliphatic carbocycles. The Bertz CT molecular complexity index is 865. The first kappa shape index (κ1) is 19.6. The molecule has 0 bridgehead atoms. The van der Waals surface area contributed by atoms with E-state index in [1.165, 1.54) is 29.8 Å². The highest BCUT2D eigenvalue weighted by Gasteiger charge is 2.52. The highest BCUT2D eigenvalue weighted by molar-refractivity contribution is 8.00. The maximum Gasteiger partial charge on any atom is 0.352 e. The molecule has 2 heterocycles. The summed E-state index contributed by atoms with van der Waals surface area (Å²) in [5.41, 5.74) is 0.400. The summed E-state index contributed by atoms with van der Waals surface area (Å²) in [6, 6.07) is 5.68. The molecule has 0 saturated carbocycles. The standard InChI is InChI=1S/C17H14Cl2N2O5S/c1-26-9-4-2-8(3-5-9)11(13(18)19)14(22)20-12-15(23)21-10(17(24)25)6-7-27-16(12)21/h2-6,12,16H,7H2,1H3,(H,20,22)(H,24,25)/t12?,16-/m1/s1. The number of hydrogen-bond acceptors (Lipinski definition) is 5. The summed E-state index contributed by atoms with van der Waals surface area (Å²) in [6.07, 6.45) is 1.47. The van der Waals surface area contributed by atoms with Crippen molar-refractivity contribution in [2.75, 3.05) is 12.9 Å². The number of halogens is 2. The van der Waals surface area contributed by atoms with Crippen molar-refractivity contribution in [1.29, 1.82) is 0 Å². The van der Waals surface area contributed by atoms with Crippen molar-refractivity contribution in [3.63, 3.8) is 0 Å². The number of carboxylic acid groups (broad SMARTS) is 1. The number of rotatable bonds is 5. The van der Waals surface area contributed by atoms with Crippen LogP contribution in [0.1, 0.15) is 5.56 Å². The molecule has 0 radical (unpaired) electrons. The second kappa shape index (κ2) is 7.84. The van der Waals surface area contributed by atoms with Crippen molar-refractivity contribution in [1.82, 2.24) is 10.2 Å². The second-order valence-electron chi connectivity index (χ2n) is 5.64. The Hall–Kier alpha value is -2.16. The molecule has 1 aromatic carbocycles. The Balaban J connectivity index is 1.78. The molecule has 2 aliphatic rings. The van der Waals surface area contributed by atoms with Gasteiger partial charge in [-0.15, -0.1) is 11.8 Å². The Morgan fingerprint density at radius 2 is 1.96 bits per heavy atom. The number of methoxy groups -OCH3 is 1. The summed E-state index contributed by atoms with van der Waals surface area (Å²) in [5, 5.41) is 11.3. The predicted octanol–water partition coefficient (Wildman–Crippen LogP) is 2.21. The molecule has 1 aromatic rings. The zero-order valence-electron chi connectivity index (χ0n) is 13.9. The molecule has 27 heavy (non-hydrogen) atoms. The van der Waals surface area contributed by atoms with Crippen molar-refractivity contribution in [3.8, 4) is 5.75 Å². The lowest BCUT2D eigenvalue weighted by molar-refractivity contribution is -0.150. The second-order valence-corrected chi connectivity index (χ2v) is 7.74. The fraction of sp³-hybridized carbons (Fsp3) is 0.235. The van der Waals surface area contributed by atoms with Crippen LogP contribution in [0.5, 0.6) is 5.75 Å². The van der Waals surface area contributed by atoms with Gasteiger partial charge in [-0.1, -0.05) is 35.3 Å². The van der Waals surface area contributed by atoms with Crippen LogP contribution in [0.2, 0.25) is 0 Å². The van der Waals surface area contributed by atoms with E-state index in [0.717, 1.165) is 0 Å². The van der Waals surface area contributed by atoms with Gasteiger partial charge in [-0.05, 0) is 23.8 Å². The van der Waals surface area contributed by atoms with E-state index in [2.05, 4.69) is 5.32 Å². The largest absolute Gasteiger partial charge is 0.497 e. The van der Waals surface area contributed by atoms with Crippen LogP contribution in [0.3, 0.4) is 0 Å². The van der Waals surface area contributed by atoms with Gasteiger partial charge in [0.05, 0.1) is 12.7 Å². The maximum atomic E-state index is 12.7. The van der Waals surface area contributed by atoms with Gasteiger partial charge in [-0.2, -0.15) is 0 Å². The zero-order chi connectivity index (χ0) is 19.7. The first-order valence-corrected chi connectivity index (χ1v) is 9.54. The Kier molecular flexibility index (Phi) is 5.69. The zero-order valence-corrected chi connectivity index (χ0v) is 16.3. The molecule has 0 aromatic heterocycles. The van der Waals surface area contributed by atoms with Crippen molar-refractivity contribution in [2.45, 2.75) is 11.4 Å². The van der Waals surface area contributed by atoms with Gasteiger partial charge < -0.3 is 15.2 Å². The monoisotopic (exact) mass is 428 g/mol. The molecule has 2 N–H and O–H groups in total. The number of hydrogen-bond donors (Lipinski definition) is 2. The average molecular weight is 429 g/mol. The lowest BCUT2D eigenvalue weighted by Gasteiger charge is -2.48. The van der Waals surface area contributed by atoms with E-state index in [9.17, 15) is 19.5 Å². The van der Waals surface area contributed by atoms with Gasteiger partial charge in [0.1, 0.15) is 27.4 Å². The van der Waals surface area contributed by atoms with E-state index in [0.29, 0.717) is 17.1 Å². The number of carbonyl (C=O) groups excluding carboxylic acids is 2. The van der Waals surface area contributed by atoms with Crippen LogP contribution in [0.4, 0.5) is 0 Å². The van der Waals surface area contributed by atoms with Crippen LogP contribution in [0.25, 0.3) is 5.57 Å². The van der Waals surface area contributed by atoms with Crippen LogP contribution in [-0.4, -0.2) is 52.1 Å². The first-order valence-electron chi connectivity index (χ1n) is 7.74. The van der Waals surface area contributed by atoms with Crippen molar-refractivity contribution >= 4 is 58.3 Å². The summed E-state index contributed by atoms with van der Waals surface area (Å²) in [4.78, 5) is 37.5. The SMILES string of the molecule is COc1ccc(C(C(=O)NC2C(=O)N3C(C(=O)O)=CCS[C@H]23)=C(Cl)Cl)cc1. The molecular weight excluding hydrogens is 415 g/mol. The van der Waals surface area contributed by atoms with Crippen LogP contribution in [0, 0.1) is 0 Å². The minimum atomic E-state index is -1.18. The average Bonchev–Trinajstić information content (AvgIpc) is 2.65. The molecule has 3 rings (SSSR count). The number of nitrogens with one attached hydrogen (secondary N) is 1. The molecule has 0 spiro atoms. The number of carboxylic acids is 1. The number of fused-ring (bicyclic) bond motifs is 1. The number of amides is 2. The van der Waals surface area contributed by atoms with Crippen molar-refractivity contribution in [3.05, 3.63) is 46.1 Å². The van der Waals surface area contributed by atoms with Gasteiger partial charge in [0.2, 0.25) is 0 Å². The lowest BCUT2D eigenvalue weighted by Crippen LogP contribution is -2.70. The highest BCUT2D eigenvalue weighted by atomic mass is 35.5. The van der Waals surface area contributed by atoms with E-state index in [1.54, 1.807) is 24.3 Å². The third-order valence-corrected chi connectivity index (χ3v) is 5.71. The first-order chi connectivity index (χ1) is 12.8. The van der Waals surface area contributed by atoms with E-state index in [-0.39, 0.29) is 15.8 Å². The number of benzene rings is 1. The van der Waals surface area contributed by atoms with Gasteiger partial charge in [-0.25, -0.2) is 4.79 Å². The quantitative estimate of drug-likeness (QED) is 0.551. The Morgan fingerprint density at radius 1 is 1.30 bits per heavy atom. The molecular formula is C17H14Cl2N2O5S. The summed E-state index contributed by atoms with van der Waals surface area (Å²) in [5.74, 6) is -1.26. The van der Waals surface area contributed by atoms with Crippen LogP contribution < -0.4 is 10.1 Å². The Morgan fingerprint density at radius 3 is 2.52 bits per heavy atom. The number of ether oxygens (including phenoxy) is 1. The predicted molar refractivity (Wildman–Crippen MR) is 102 cm³/mol. The smallest absolute Gasteiger partial charge is 0.352 e. The summed E-state index contributed by atoms with van der Waals surface area (Å²) >= 11 is 13.2. The molecule has 142 valence electrons. The number of aliphatic carboxylic acids is 1. The molecule has 1 unspecified atom stereocenters. The van der Waals surface area contributed by atoms with Gasteiger partial charge in [-0.3, -0.25) is 14.5 Å². The van der Waals surface area contributed by atoms with Crippen LogP contribution >= 0.6 is 35.0 Å². The normalized spacial score (nSPS) is 20.8.